The Morgan fingerprint density at radius 3 is 2.67 bits per heavy atom. The number of fused-ring (bicyclic) bond motifs is 1. The summed E-state index contributed by atoms with van der Waals surface area (Å²) >= 11 is 0. The van der Waals surface area contributed by atoms with E-state index in [1.54, 1.807) is 31.2 Å². The van der Waals surface area contributed by atoms with Crippen molar-refractivity contribution in [3.63, 3.8) is 0 Å². The minimum absolute atomic E-state index is 0.375. The Morgan fingerprint density at radius 2 is 2.05 bits per heavy atom. The minimum Gasteiger partial charge on any atom is -0.493 e. The van der Waals surface area contributed by atoms with Gasteiger partial charge in [0.15, 0.2) is 11.3 Å². The van der Waals surface area contributed by atoms with Crippen LogP contribution < -0.4 is 10.1 Å². The van der Waals surface area contributed by atoms with E-state index < -0.39 is 24.9 Å². The molecule has 0 radical (unpaired) electrons. The summed E-state index contributed by atoms with van der Waals surface area (Å²) in [6.07, 6.45) is -3.70. The third kappa shape index (κ3) is 3.29. The lowest BCUT2D eigenvalue weighted by atomic mass is 10.2. The summed E-state index contributed by atoms with van der Waals surface area (Å²) in [6.45, 7) is 0.436. The second kappa shape index (κ2) is 5.93. The van der Waals surface area contributed by atoms with Crippen molar-refractivity contribution in [3.05, 3.63) is 30.0 Å². The Morgan fingerprint density at radius 1 is 1.33 bits per heavy atom. The van der Waals surface area contributed by atoms with Gasteiger partial charge in [-0.15, -0.1) is 0 Å². The van der Waals surface area contributed by atoms with Crippen molar-refractivity contribution >= 4 is 11.0 Å². The number of para-hydroxylation sites is 1. The molecule has 7 heteroatoms. The normalized spacial score (nSPS) is 13.9. The molecular weight excluding hydrogens is 290 g/mol. The van der Waals surface area contributed by atoms with Crippen molar-refractivity contribution in [1.29, 1.82) is 0 Å². The van der Waals surface area contributed by atoms with Gasteiger partial charge >= 0.3 is 12.3 Å². The van der Waals surface area contributed by atoms with Crippen molar-refractivity contribution in [2.75, 3.05) is 13.7 Å². The first-order valence-corrected chi connectivity index (χ1v) is 6.31. The molecule has 1 heterocycles. The van der Waals surface area contributed by atoms with Gasteiger partial charge in [-0.25, -0.2) is 8.78 Å². The SMILES string of the molecule is COc1cccc2cc(C(C)NCC(F)(F)C(F)F)oc12. The van der Waals surface area contributed by atoms with Gasteiger partial charge in [0.25, 0.3) is 0 Å². The quantitative estimate of drug-likeness (QED) is 0.819. The first-order valence-electron chi connectivity index (χ1n) is 6.31. The lowest BCUT2D eigenvalue weighted by Crippen LogP contribution is -2.39. The largest absolute Gasteiger partial charge is 0.493 e. The van der Waals surface area contributed by atoms with E-state index in [9.17, 15) is 17.6 Å². The monoisotopic (exact) mass is 305 g/mol. The van der Waals surface area contributed by atoms with Crippen LogP contribution in [0.15, 0.2) is 28.7 Å². The second-order valence-electron chi connectivity index (χ2n) is 4.69. The molecule has 0 bridgehead atoms. The lowest BCUT2D eigenvalue weighted by Gasteiger charge is -2.18. The molecule has 0 aliphatic heterocycles. The Bertz CT molecular complexity index is 612. The summed E-state index contributed by atoms with van der Waals surface area (Å²) in [4.78, 5) is 0. The van der Waals surface area contributed by atoms with Crippen LogP contribution in [0, 0.1) is 0 Å². The van der Waals surface area contributed by atoms with Gasteiger partial charge in [0.1, 0.15) is 5.76 Å². The maximum absolute atomic E-state index is 12.9. The number of benzene rings is 1. The Balaban J connectivity index is 2.15. The number of nitrogens with one attached hydrogen (secondary N) is 1. The number of furan rings is 1. The average molecular weight is 305 g/mol. The van der Waals surface area contributed by atoms with Crippen LogP contribution in [-0.2, 0) is 0 Å². The van der Waals surface area contributed by atoms with Crippen LogP contribution >= 0.6 is 0 Å². The highest BCUT2D eigenvalue weighted by atomic mass is 19.3. The number of alkyl halides is 4. The summed E-state index contributed by atoms with van der Waals surface area (Å²) in [5, 5.41) is 3.10. The number of ether oxygens (including phenoxy) is 1. The predicted octanol–water partition coefficient (Wildman–Crippen LogP) is 3.99. The molecule has 0 saturated carbocycles. The van der Waals surface area contributed by atoms with Crippen LogP contribution in [0.3, 0.4) is 0 Å². The third-order valence-electron chi connectivity index (χ3n) is 3.14. The van der Waals surface area contributed by atoms with E-state index in [-0.39, 0.29) is 0 Å². The van der Waals surface area contributed by atoms with Crippen molar-refractivity contribution in [2.24, 2.45) is 0 Å². The predicted molar refractivity (Wildman–Crippen MR) is 70.1 cm³/mol. The van der Waals surface area contributed by atoms with E-state index in [4.69, 9.17) is 9.15 Å². The van der Waals surface area contributed by atoms with Crippen molar-refractivity contribution in [2.45, 2.75) is 25.3 Å². The molecule has 2 aromatic rings. The zero-order valence-electron chi connectivity index (χ0n) is 11.5. The van der Waals surface area contributed by atoms with Crippen molar-refractivity contribution < 1.29 is 26.7 Å². The summed E-state index contributed by atoms with van der Waals surface area (Å²) < 4.78 is 60.7. The van der Waals surface area contributed by atoms with Gasteiger partial charge in [0, 0.05) is 5.39 Å². The van der Waals surface area contributed by atoms with Crippen LogP contribution in [0.1, 0.15) is 18.7 Å². The Kier molecular flexibility index (Phi) is 4.41. The summed E-state index contributed by atoms with van der Waals surface area (Å²) in [6, 6.07) is 6.29. The zero-order chi connectivity index (χ0) is 15.6. The first kappa shape index (κ1) is 15.6. The maximum atomic E-state index is 12.9. The van der Waals surface area contributed by atoms with Crippen LogP contribution in [0.25, 0.3) is 11.0 Å². The molecule has 0 saturated heterocycles. The molecule has 0 aliphatic rings. The first-order chi connectivity index (χ1) is 9.85. The molecule has 0 amide bonds. The van der Waals surface area contributed by atoms with Crippen molar-refractivity contribution in [3.8, 4) is 5.75 Å². The minimum atomic E-state index is -4.07. The lowest BCUT2D eigenvalue weighted by molar-refractivity contribution is -0.126. The summed E-state index contributed by atoms with van der Waals surface area (Å²) in [5.74, 6) is -3.18. The fourth-order valence-electron chi connectivity index (χ4n) is 1.90. The highest BCUT2D eigenvalue weighted by molar-refractivity contribution is 5.83. The molecular formula is C14H15F4NO2. The fourth-order valence-corrected chi connectivity index (χ4v) is 1.90. The number of methoxy groups -OCH3 is 1. The van der Waals surface area contributed by atoms with Gasteiger partial charge in [0.05, 0.1) is 19.7 Å². The van der Waals surface area contributed by atoms with Gasteiger partial charge < -0.3 is 14.5 Å². The van der Waals surface area contributed by atoms with E-state index in [0.29, 0.717) is 17.1 Å². The smallest absolute Gasteiger partial charge is 0.319 e. The Labute approximate surface area is 118 Å². The molecule has 1 aromatic heterocycles. The molecule has 0 spiro atoms. The van der Waals surface area contributed by atoms with Crippen molar-refractivity contribution in [1.82, 2.24) is 5.32 Å². The molecule has 3 nitrogen and oxygen atoms in total. The highest BCUT2D eigenvalue weighted by Gasteiger charge is 2.40. The van der Waals surface area contributed by atoms with E-state index >= 15 is 0 Å². The van der Waals surface area contributed by atoms with Crippen LogP contribution in [-0.4, -0.2) is 26.0 Å². The molecule has 1 aromatic carbocycles. The molecule has 1 N–H and O–H groups in total. The van der Waals surface area contributed by atoms with E-state index in [0.717, 1.165) is 5.39 Å². The molecule has 0 fully saturated rings. The van der Waals surface area contributed by atoms with Gasteiger partial charge in [-0.1, -0.05) is 12.1 Å². The van der Waals surface area contributed by atoms with Gasteiger partial charge in [-0.05, 0) is 19.1 Å². The Hall–Kier alpha value is -1.76. The third-order valence-corrected chi connectivity index (χ3v) is 3.14. The van der Waals surface area contributed by atoms with E-state index in [1.165, 1.54) is 7.11 Å². The molecule has 1 atom stereocenters. The van der Waals surface area contributed by atoms with Crippen LogP contribution in [0.2, 0.25) is 0 Å². The number of halogens is 4. The van der Waals surface area contributed by atoms with Gasteiger partial charge in [0.2, 0.25) is 0 Å². The number of hydrogen-bond acceptors (Lipinski definition) is 3. The summed E-state index contributed by atoms with van der Waals surface area (Å²) in [7, 11) is 1.49. The second-order valence-corrected chi connectivity index (χ2v) is 4.69. The average Bonchev–Trinajstić information content (AvgIpc) is 2.88. The number of hydrogen-bond donors (Lipinski definition) is 1. The van der Waals surface area contributed by atoms with E-state index in [1.807, 2.05) is 0 Å². The summed E-state index contributed by atoms with van der Waals surface area (Å²) in [5.41, 5.74) is 0.490. The van der Waals surface area contributed by atoms with E-state index in [2.05, 4.69) is 5.32 Å². The highest BCUT2D eigenvalue weighted by Crippen LogP contribution is 2.31. The molecule has 21 heavy (non-hydrogen) atoms. The van der Waals surface area contributed by atoms with Crippen LogP contribution in [0.5, 0.6) is 5.75 Å². The topological polar surface area (TPSA) is 34.4 Å². The zero-order valence-corrected chi connectivity index (χ0v) is 11.5. The molecule has 2 rings (SSSR count). The number of rotatable bonds is 6. The maximum Gasteiger partial charge on any atom is 0.319 e. The standard InChI is InChI=1S/C14H15F4NO2/c1-8(19-7-14(17,18)13(15)16)11-6-9-4-3-5-10(20-2)12(9)21-11/h3-6,8,13,19H,7H2,1-2H3. The van der Waals surface area contributed by atoms with Gasteiger partial charge in [-0.3, -0.25) is 0 Å². The molecule has 116 valence electrons. The van der Waals surface area contributed by atoms with Gasteiger partial charge in [-0.2, -0.15) is 8.78 Å². The van der Waals surface area contributed by atoms with Crippen LogP contribution in [0.4, 0.5) is 17.6 Å². The molecule has 1 unspecified atom stereocenters. The fraction of sp³-hybridized carbons (Fsp3) is 0.429. The molecule has 0 aliphatic carbocycles.